The number of carbonyl (C=O) groups excluding carboxylic acids is 1. The van der Waals surface area contributed by atoms with Crippen molar-refractivity contribution in [3.05, 3.63) is 56.7 Å². The molecule has 24 heavy (non-hydrogen) atoms. The summed E-state index contributed by atoms with van der Waals surface area (Å²) in [5.41, 5.74) is 1.05. The van der Waals surface area contributed by atoms with Crippen LogP contribution in [0.15, 0.2) is 46.3 Å². The van der Waals surface area contributed by atoms with Gasteiger partial charge in [-0.15, -0.1) is 11.3 Å². The molecule has 0 spiro atoms. The minimum Gasteiger partial charge on any atom is -0.496 e. The molecule has 1 atom stereocenters. The number of benzene rings is 1. The number of rotatable bonds is 7. The van der Waals surface area contributed by atoms with Gasteiger partial charge in [-0.25, -0.2) is 0 Å². The second-order valence-corrected chi connectivity index (χ2v) is 7.94. The number of likely N-dealkylation sites (N-methyl/N-ethyl adjacent to an activating group) is 1. The average Bonchev–Trinajstić information content (AvgIpc) is 2.98. The predicted molar refractivity (Wildman–Crippen MR) is 103 cm³/mol. The van der Waals surface area contributed by atoms with Crippen LogP contribution in [0.3, 0.4) is 0 Å². The van der Waals surface area contributed by atoms with Crippen LogP contribution in [0.25, 0.3) is 6.08 Å². The van der Waals surface area contributed by atoms with Crippen molar-refractivity contribution in [2.45, 2.75) is 6.04 Å². The molecule has 0 aliphatic heterocycles. The number of methoxy groups -OCH3 is 1. The highest BCUT2D eigenvalue weighted by Gasteiger charge is 2.18. The third-order valence-corrected chi connectivity index (χ3v) is 5.17. The Balaban J connectivity index is 2.01. The monoisotopic (exact) mass is 408 g/mol. The van der Waals surface area contributed by atoms with Crippen LogP contribution in [0.5, 0.6) is 5.75 Å². The van der Waals surface area contributed by atoms with Gasteiger partial charge in [-0.1, -0.05) is 18.2 Å². The second-order valence-electron chi connectivity index (χ2n) is 5.44. The van der Waals surface area contributed by atoms with Gasteiger partial charge in [0.25, 0.3) is 0 Å². The van der Waals surface area contributed by atoms with Crippen LogP contribution in [-0.2, 0) is 4.79 Å². The lowest BCUT2D eigenvalue weighted by molar-refractivity contribution is -0.116. The Labute approximate surface area is 155 Å². The quantitative estimate of drug-likeness (QED) is 0.705. The summed E-state index contributed by atoms with van der Waals surface area (Å²) in [7, 11) is 5.64. The standard InChI is InChI=1S/C18H21BrN2O2S/c1-21(2)15(14-6-4-5-7-16(14)23-3)12-20-18(22)11-9-13-8-10-17(19)24-13/h4-11,15H,12H2,1-3H3,(H,20,22). The fourth-order valence-electron chi connectivity index (χ4n) is 2.34. The second kappa shape index (κ2) is 9.01. The Hall–Kier alpha value is -1.63. The summed E-state index contributed by atoms with van der Waals surface area (Å²) in [6, 6.07) is 11.8. The Morgan fingerprint density at radius 2 is 2.08 bits per heavy atom. The Morgan fingerprint density at radius 1 is 1.33 bits per heavy atom. The average molecular weight is 409 g/mol. The molecular formula is C18H21BrN2O2S. The van der Waals surface area contributed by atoms with Crippen molar-refractivity contribution in [2.75, 3.05) is 27.7 Å². The molecule has 2 rings (SSSR count). The summed E-state index contributed by atoms with van der Waals surface area (Å²) in [6.45, 7) is 0.505. The van der Waals surface area contributed by atoms with Crippen LogP contribution >= 0.6 is 27.3 Å². The van der Waals surface area contributed by atoms with Gasteiger partial charge in [0.05, 0.1) is 16.9 Å². The number of hydrogen-bond donors (Lipinski definition) is 1. The topological polar surface area (TPSA) is 41.6 Å². The summed E-state index contributed by atoms with van der Waals surface area (Å²) in [5, 5.41) is 2.96. The summed E-state index contributed by atoms with van der Waals surface area (Å²) in [6.07, 6.45) is 3.38. The minimum atomic E-state index is -0.110. The lowest BCUT2D eigenvalue weighted by Crippen LogP contribution is -2.33. The fraction of sp³-hybridized carbons (Fsp3) is 0.278. The zero-order valence-corrected chi connectivity index (χ0v) is 16.4. The molecule has 1 aromatic carbocycles. The van der Waals surface area contributed by atoms with E-state index in [1.165, 1.54) is 0 Å². The lowest BCUT2D eigenvalue weighted by Gasteiger charge is -2.26. The molecule has 0 bridgehead atoms. The Morgan fingerprint density at radius 3 is 2.71 bits per heavy atom. The van der Waals surface area contributed by atoms with Crippen LogP contribution in [0, 0.1) is 0 Å². The molecule has 0 fully saturated rings. The fourth-order valence-corrected chi connectivity index (χ4v) is 3.67. The number of thiophene rings is 1. The molecule has 6 heteroatoms. The van der Waals surface area contributed by atoms with E-state index in [4.69, 9.17) is 4.74 Å². The molecule has 0 saturated heterocycles. The van der Waals surface area contributed by atoms with Gasteiger partial charge in [0.2, 0.25) is 5.91 Å². The van der Waals surface area contributed by atoms with Crippen molar-refractivity contribution in [2.24, 2.45) is 0 Å². The van der Waals surface area contributed by atoms with E-state index in [1.54, 1.807) is 24.5 Å². The van der Waals surface area contributed by atoms with Gasteiger partial charge in [-0.05, 0) is 54.3 Å². The van der Waals surface area contributed by atoms with Gasteiger partial charge < -0.3 is 15.0 Å². The van der Waals surface area contributed by atoms with Crippen LogP contribution in [0.1, 0.15) is 16.5 Å². The van der Waals surface area contributed by atoms with E-state index in [2.05, 4.69) is 26.1 Å². The molecule has 1 unspecified atom stereocenters. The molecule has 128 valence electrons. The normalized spacial score (nSPS) is 12.5. The molecule has 1 N–H and O–H groups in total. The van der Waals surface area contributed by atoms with Crippen molar-refractivity contribution in [1.82, 2.24) is 10.2 Å². The number of carbonyl (C=O) groups is 1. The summed E-state index contributed by atoms with van der Waals surface area (Å²) >= 11 is 5.00. The van der Waals surface area contributed by atoms with E-state index in [9.17, 15) is 4.79 Å². The number of amides is 1. The van der Waals surface area contributed by atoms with Gasteiger partial charge >= 0.3 is 0 Å². The summed E-state index contributed by atoms with van der Waals surface area (Å²) in [5.74, 6) is 0.714. The van der Waals surface area contributed by atoms with E-state index in [0.29, 0.717) is 6.54 Å². The lowest BCUT2D eigenvalue weighted by atomic mass is 10.0. The van der Waals surface area contributed by atoms with Crippen molar-refractivity contribution in [3.63, 3.8) is 0 Å². The number of ether oxygens (including phenoxy) is 1. The molecule has 1 heterocycles. The zero-order chi connectivity index (χ0) is 17.5. The highest BCUT2D eigenvalue weighted by Crippen LogP contribution is 2.27. The van der Waals surface area contributed by atoms with Gasteiger partial charge in [0.15, 0.2) is 0 Å². The number of halogens is 1. The van der Waals surface area contributed by atoms with Gasteiger partial charge in [-0.2, -0.15) is 0 Å². The summed E-state index contributed by atoms with van der Waals surface area (Å²) < 4.78 is 6.48. The third kappa shape index (κ3) is 5.19. The highest BCUT2D eigenvalue weighted by atomic mass is 79.9. The molecular weight excluding hydrogens is 388 g/mol. The van der Waals surface area contributed by atoms with Crippen LogP contribution in [0.2, 0.25) is 0 Å². The molecule has 0 aliphatic rings. The van der Waals surface area contributed by atoms with Crippen molar-refractivity contribution < 1.29 is 9.53 Å². The molecule has 0 saturated carbocycles. The first-order valence-electron chi connectivity index (χ1n) is 7.52. The van der Waals surface area contributed by atoms with E-state index < -0.39 is 0 Å². The number of hydrogen-bond acceptors (Lipinski definition) is 4. The van der Waals surface area contributed by atoms with E-state index in [-0.39, 0.29) is 11.9 Å². The first-order chi connectivity index (χ1) is 11.5. The Bertz CT molecular complexity index is 713. The molecule has 1 aromatic heterocycles. The maximum atomic E-state index is 12.1. The molecule has 0 aliphatic carbocycles. The van der Waals surface area contributed by atoms with Crippen molar-refractivity contribution in [3.8, 4) is 5.75 Å². The highest BCUT2D eigenvalue weighted by molar-refractivity contribution is 9.11. The first-order valence-corrected chi connectivity index (χ1v) is 9.13. The van der Waals surface area contributed by atoms with E-state index in [0.717, 1.165) is 20.0 Å². The Kier molecular flexibility index (Phi) is 7.02. The SMILES string of the molecule is COc1ccccc1C(CNC(=O)C=Cc1ccc(Br)s1)N(C)C. The predicted octanol–water partition coefficient (Wildman–Crippen LogP) is 3.95. The van der Waals surface area contributed by atoms with Crippen LogP contribution in [-0.4, -0.2) is 38.6 Å². The molecule has 0 radical (unpaired) electrons. The molecule has 4 nitrogen and oxygen atoms in total. The van der Waals surface area contributed by atoms with E-state index in [1.807, 2.05) is 56.6 Å². The van der Waals surface area contributed by atoms with Gasteiger partial charge in [-0.3, -0.25) is 4.79 Å². The molecule has 2 aromatic rings. The third-order valence-electron chi connectivity index (χ3n) is 3.58. The van der Waals surface area contributed by atoms with E-state index >= 15 is 0 Å². The number of nitrogens with one attached hydrogen (secondary N) is 1. The maximum Gasteiger partial charge on any atom is 0.244 e. The van der Waals surface area contributed by atoms with Gasteiger partial charge in [0, 0.05) is 23.1 Å². The maximum absolute atomic E-state index is 12.1. The van der Waals surface area contributed by atoms with Crippen molar-refractivity contribution >= 4 is 39.2 Å². The zero-order valence-electron chi connectivity index (χ0n) is 14.0. The smallest absolute Gasteiger partial charge is 0.244 e. The first kappa shape index (κ1) is 18.7. The van der Waals surface area contributed by atoms with Crippen LogP contribution in [0.4, 0.5) is 0 Å². The molecule has 1 amide bonds. The largest absolute Gasteiger partial charge is 0.496 e. The number of para-hydroxylation sites is 1. The minimum absolute atomic E-state index is 0.0365. The van der Waals surface area contributed by atoms with Crippen molar-refractivity contribution in [1.29, 1.82) is 0 Å². The van der Waals surface area contributed by atoms with Crippen LogP contribution < -0.4 is 10.1 Å². The summed E-state index contributed by atoms with van der Waals surface area (Å²) in [4.78, 5) is 15.2. The van der Waals surface area contributed by atoms with Gasteiger partial charge in [0.1, 0.15) is 5.75 Å². The number of nitrogens with zero attached hydrogens (tertiary/aromatic N) is 1.